The van der Waals surface area contributed by atoms with Crippen LogP contribution in [0, 0.1) is 5.92 Å². The van der Waals surface area contributed by atoms with Crippen LogP contribution >= 0.6 is 0 Å². The Morgan fingerprint density at radius 1 is 1.26 bits per heavy atom. The molecule has 0 aliphatic rings. The number of nitrogens with two attached hydrogens (primary N) is 1. The Balaban J connectivity index is 2.46. The molecule has 3 nitrogen and oxygen atoms in total. The van der Waals surface area contributed by atoms with Crippen molar-refractivity contribution in [3.63, 3.8) is 0 Å². The smallest absolute Gasteiger partial charge is 0.0721 e. The van der Waals surface area contributed by atoms with Gasteiger partial charge in [0.15, 0.2) is 0 Å². The highest BCUT2D eigenvalue weighted by atomic mass is 15.3. The number of aromatic nitrogens is 2. The van der Waals surface area contributed by atoms with Crippen molar-refractivity contribution in [2.75, 3.05) is 0 Å². The predicted molar refractivity (Wildman–Crippen MR) is 81.2 cm³/mol. The van der Waals surface area contributed by atoms with Gasteiger partial charge < -0.3 is 5.73 Å². The van der Waals surface area contributed by atoms with Crippen LogP contribution < -0.4 is 5.73 Å². The van der Waals surface area contributed by atoms with Crippen molar-refractivity contribution < 1.29 is 0 Å². The zero-order valence-electron chi connectivity index (χ0n) is 12.5. The van der Waals surface area contributed by atoms with E-state index in [2.05, 4.69) is 56.6 Å². The van der Waals surface area contributed by atoms with Crippen molar-refractivity contribution in [1.82, 2.24) is 9.78 Å². The summed E-state index contributed by atoms with van der Waals surface area (Å²) in [5.74, 6) is 0.447. The number of hydrogen-bond donors (Lipinski definition) is 1. The second-order valence-electron chi connectivity index (χ2n) is 5.70. The average Bonchev–Trinajstić information content (AvgIpc) is 2.76. The molecule has 0 radical (unpaired) electrons. The van der Waals surface area contributed by atoms with E-state index in [-0.39, 0.29) is 5.54 Å². The van der Waals surface area contributed by atoms with E-state index in [1.54, 1.807) is 0 Å². The first kappa shape index (κ1) is 14.1. The minimum atomic E-state index is -0.171. The van der Waals surface area contributed by atoms with Gasteiger partial charge >= 0.3 is 0 Å². The van der Waals surface area contributed by atoms with Gasteiger partial charge in [-0.15, -0.1) is 0 Å². The fourth-order valence-corrected chi connectivity index (χ4v) is 2.62. The molecule has 1 unspecified atom stereocenters. The van der Waals surface area contributed by atoms with Gasteiger partial charge in [0.25, 0.3) is 0 Å². The van der Waals surface area contributed by atoms with Crippen molar-refractivity contribution in [1.29, 1.82) is 0 Å². The molecule has 3 heteroatoms. The van der Waals surface area contributed by atoms with Crippen LogP contribution in [0.3, 0.4) is 0 Å². The van der Waals surface area contributed by atoms with Gasteiger partial charge in [0.05, 0.1) is 11.2 Å². The molecular formula is C16H25N3. The second kappa shape index (κ2) is 5.33. The van der Waals surface area contributed by atoms with E-state index < -0.39 is 0 Å². The molecule has 19 heavy (non-hydrogen) atoms. The Bertz CT molecular complexity index is 556. The average molecular weight is 259 g/mol. The molecule has 2 aromatic rings. The van der Waals surface area contributed by atoms with Crippen LogP contribution in [0.1, 0.15) is 39.8 Å². The van der Waals surface area contributed by atoms with Gasteiger partial charge in [0.2, 0.25) is 0 Å². The molecule has 0 amide bonds. The highest BCUT2D eigenvalue weighted by Gasteiger charge is 2.29. The summed E-state index contributed by atoms with van der Waals surface area (Å²) >= 11 is 0. The van der Waals surface area contributed by atoms with Crippen molar-refractivity contribution in [2.24, 2.45) is 11.7 Å². The third-order valence-corrected chi connectivity index (χ3v) is 4.34. The number of para-hydroxylation sites is 1. The van der Waals surface area contributed by atoms with Crippen molar-refractivity contribution in [2.45, 2.75) is 52.6 Å². The van der Waals surface area contributed by atoms with Crippen LogP contribution in [-0.2, 0) is 13.0 Å². The Labute approximate surface area is 115 Å². The summed E-state index contributed by atoms with van der Waals surface area (Å²) in [6.45, 7) is 9.58. The van der Waals surface area contributed by atoms with E-state index in [0.29, 0.717) is 5.92 Å². The highest BCUT2D eigenvalue weighted by Crippen LogP contribution is 2.27. The first-order valence-corrected chi connectivity index (χ1v) is 7.25. The monoisotopic (exact) mass is 259 g/mol. The van der Waals surface area contributed by atoms with Crippen LogP contribution in [0.4, 0.5) is 0 Å². The molecule has 0 spiro atoms. The molecule has 0 aliphatic heterocycles. The zero-order chi connectivity index (χ0) is 14.0. The molecule has 0 saturated heterocycles. The minimum Gasteiger partial charge on any atom is -0.325 e. The highest BCUT2D eigenvalue weighted by molar-refractivity contribution is 5.82. The van der Waals surface area contributed by atoms with Crippen molar-refractivity contribution in [3.8, 4) is 0 Å². The van der Waals surface area contributed by atoms with Gasteiger partial charge in [0, 0.05) is 23.9 Å². The van der Waals surface area contributed by atoms with Gasteiger partial charge in [-0.2, -0.15) is 5.10 Å². The Morgan fingerprint density at radius 2 is 1.95 bits per heavy atom. The van der Waals surface area contributed by atoms with E-state index >= 15 is 0 Å². The minimum absolute atomic E-state index is 0.171. The summed E-state index contributed by atoms with van der Waals surface area (Å²) in [5, 5.41) is 6.00. The van der Waals surface area contributed by atoms with Crippen LogP contribution in [0.2, 0.25) is 0 Å². The molecule has 1 atom stereocenters. The van der Waals surface area contributed by atoms with E-state index in [1.807, 2.05) is 0 Å². The number of rotatable bonds is 5. The third kappa shape index (κ3) is 2.52. The molecule has 2 N–H and O–H groups in total. The number of fused-ring (bicyclic) bond motifs is 1. The van der Waals surface area contributed by atoms with Crippen LogP contribution in [0.25, 0.3) is 10.9 Å². The number of nitrogens with zero attached hydrogens (tertiary/aromatic N) is 2. The quantitative estimate of drug-likeness (QED) is 0.894. The van der Waals surface area contributed by atoms with Crippen LogP contribution in [-0.4, -0.2) is 15.3 Å². The van der Waals surface area contributed by atoms with E-state index in [9.17, 15) is 0 Å². The summed E-state index contributed by atoms with van der Waals surface area (Å²) in [7, 11) is 0. The van der Waals surface area contributed by atoms with Crippen molar-refractivity contribution >= 4 is 10.9 Å². The number of benzene rings is 1. The lowest BCUT2D eigenvalue weighted by Crippen LogP contribution is -2.46. The maximum Gasteiger partial charge on any atom is 0.0721 e. The second-order valence-corrected chi connectivity index (χ2v) is 5.70. The summed E-state index contributed by atoms with van der Waals surface area (Å²) < 4.78 is 2.07. The van der Waals surface area contributed by atoms with Crippen LogP contribution in [0.5, 0.6) is 0 Å². The molecule has 0 aliphatic carbocycles. The van der Waals surface area contributed by atoms with Gasteiger partial charge in [-0.3, -0.25) is 4.68 Å². The normalized spacial score (nSPS) is 15.1. The maximum absolute atomic E-state index is 6.56. The lowest BCUT2D eigenvalue weighted by Gasteiger charge is -2.32. The number of aryl methyl sites for hydroxylation is 1. The van der Waals surface area contributed by atoms with Crippen molar-refractivity contribution in [3.05, 3.63) is 30.0 Å². The van der Waals surface area contributed by atoms with Gasteiger partial charge in [-0.1, -0.05) is 39.0 Å². The van der Waals surface area contributed by atoms with Gasteiger partial charge in [-0.05, 0) is 25.3 Å². The predicted octanol–water partition coefficient (Wildman–Crippen LogP) is 3.36. The Kier molecular flexibility index (Phi) is 3.95. The molecule has 0 saturated carbocycles. The summed E-state index contributed by atoms with van der Waals surface area (Å²) in [4.78, 5) is 0. The van der Waals surface area contributed by atoms with E-state index in [4.69, 9.17) is 10.8 Å². The standard InChI is InChI=1S/C16H25N3/c1-5-16(17,12(3)4)11-14-13-9-7-8-10-15(13)19(6-2)18-14/h7-10,12H,5-6,11,17H2,1-4H3. The summed E-state index contributed by atoms with van der Waals surface area (Å²) in [6.07, 6.45) is 1.81. The third-order valence-electron chi connectivity index (χ3n) is 4.34. The number of hydrogen-bond acceptors (Lipinski definition) is 2. The molecule has 1 aromatic heterocycles. The first-order valence-electron chi connectivity index (χ1n) is 7.25. The van der Waals surface area contributed by atoms with Gasteiger partial charge in [0.1, 0.15) is 0 Å². The molecule has 1 aromatic carbocycles. The van der Waals surface area contributed by atoms with Crippen LogP contribution in [0.15, 0.2) is 24.3 Å². The Hall–Kier alpha value is -1.35. The lowest BCUT2D eigenvalue weighted by atomic mass is 9.80. The summed E-state index contributed by atoms with van der Waals surface area (Å²) in [6, 6.07) is 8.43. The summed E-state index contributed by atoms with van der Waals surface area (Å²) in [5.41, 5.74) is 8.74. The van der Waals surface area contributed by atoms with Gasteiger partial charge in [-0.25, -0.2) is 0 Å². The lowest BCUT2D eigenvalue weighted by molar-refractivity contribution is 0.293. The fraction of sp³-hybridized carbons (Fsp3) is 0.562. The van der Waals surface area contributed by atoms with E-state index in [0.717, 1.165) is 25.1 Å². The molecule has 0 fully saturated rings. The molecule has 2 rings (SSSR count). The van der Waals surface area contributed by atoms with E-state index in [1.165, 1.54) is 10.9 Å². The Morgan fingerprint density at radius 3 is 2.53 bits per heavy atom. The molecular weight excluding hydrogens is 234 g/mol. The molecule has 104 valence electrons. The SMILES string of the molecule is CCn1nc(CC(N)(CC)C(C)C)c2ccccc21. The fourth-order valence-electron chi connectivity index (χ4n) is 2.62. The molecule has 1 heterocycles. The largest absolute Gasteiger partial charge is 0.325 e. The maximum atomic E-state index is 6.56. The first-order chi connectivity index (χ1) is 9.01. The zero-order valence-corrected chi connectivity index (χ0v) is 12.5. The topological polar surface area (TPSA) is 43.8 Å². The molecule has 0 bridgehead atoms.